The molecule has 2 aliphatic rings. The SMILES string of the molecule is C[C@H]1COc2c(N3C[C@H](C(=O)O)[C@@H](c4ccncc4)C3)c(F)cc3c(=O)c(C(=O)O)cn1c23. The van der Waals surface area contributed by atoms with E-state index in [1.807, 2.05) is 0 Å². The number of hydrogen-bond donors (Lipinski definition) is 2. The molecule has 1 aromatic carbocycles. The Labute approximate surface area is 186 Å². The smallest absolute Gasteiger partial charge is 0.341 e. The molecule has 170 valence electrons. The van der Waals surface area contributed by atoms with Crippen LogP contribution in [0.15, 0.2) is 41.6 Å². The zero-order valence-electron chi connectivity index (χ0n) is 17.6. The van der Waals surface area contributed by atoms with Gasteiger partial charge in [-0.05, 0) is 30.7 Å². The summed E-state index contributed by atoms with van der Waals surface area (Å²) in [6, 6.07) is 4.23. The molecule has 1 saturated heterocycles. The number of carbonyl (C=O) groups is 2. The van der Waals surface area contributed by atoms with Crippen LogP contribution in [0.2, 0.25) is 0 Å². The van der Waals surface area contributed by atoms with E-state index in [-0.39, 0.29) is 42.6 Å². The van der Waals surface area contributed by atoms with E-state index in [1.54, 1.807) is 40.9 Å². The van der Waals surface area contributed by atoms with Crippen molar-refractivity contribution >= 4 is 28.5 Å². The van der Waals surface area contributed by atoms with E-state index >= 15 is 4.39 Å². The van der Waals surface area contributed by atoms with Crippen LogP contribution >= 0.6 is 0 Å². The van der Waals surface area contributed by atoms with E-state index in [1.165, 1.54) is 6.20 Å². The summed E-state index contributed by atoms with van der Waals surface area (Å²) in [7, 11) is 0. The quantitative estimate of drug-likeness (QED) is 0.618. The van der Waals surface area contributed by atoms with Crippen molar-refractivity contribution < 1.29 is 28.9 Å². The average molecular weight is 453 g/mol. The number of aromatic nitrogens is 2. The predicted octanol–water partition coefficient (Wildman–Crippen LogP) is 2.49. The first-order chi connectivity index (χ1) is 15.8. The Kier molecular flexibility index (Phi) is 4.80. The number of nitrogens with zero attached hydrogens (tertiary/aromatic N) is 3. The summed E-state index contributed by atoms with van der Waals surface area (Å²) in [5.41, 5.74) is -0.0723. The summed E-state index contributed by atoms with van der Waals surface area (Å²) >= 11 is 0. The van der Waals surface area contributed by atoms with Gasteiger partial charge in [0.1, 0.15) is 17.9 Å². The molecule has 33 heavy (non-hydrogen) atoms. The molecule has 0 amide bonds. The van der Waals surface area contributed by atoms with Gasteiger partial charge in [-0.25, -0.2) is 9.18 Å². The van der Waals surface area contributed by atoms with Gasteiger partial charge in [0.2, 0.25) is 5.43 Å². The Morgan fingerprint density at radius 3 is 2.61 bits per heavy atom. The topological polar surface area (TPSA) is 122 Å². The van der Waals surface area contributed by atoms with E-state index in [0.29, 0.717) is 5.52 Å². The number of hydrogen-bond acceptors (Lipinski definition) is 6. The van der Waals surface area contributed by atoms with E-state index in [0.717, 1.165) is 11.6 Å². The molecule has 4 heterocycles. The lowest BCUT2D eigenvalue weighted by Gasteiger charge is -2.31. The van der Waals surface area contributed by atoms with Crippen LogP contribution in [-0.4, -0.2) is 51.4 Å². The molecule has 9 nitrogen and oxygen atoms in total. The van der Waals surface area contributed by atoms with E-state index < -0.39 is 40.6 Å². The standard InChI is InChI=1S/C23H20FN3O6/c1-11-10-33-21-18-13(20(28)16(23(31)32)9-27(11)18)6-17(24)19(21)26-7-14(15(8-26)22(29)30)12-2-4-25-5-3-12/h2-6,9,11,14-15H,7-8,10H2,1H3,(H,29,30)(H,31,32)/t11-,14+,15-/m0/s1. The second kappa shape index (κ2) is 7.58. The predicted molar refractivity (Wildman–Crippen MR) is 116 cm³/mol. The summed E-state index contributed by atoms with van der Waals surface area (Å²) in [4.78, 5) is 41.9. The van der Waals surface area contributed by atoms with Crippen LogP contribution in [0.3, 0.4) is 0 Å². The monoisotopic (exact) mass is 453 g/mol. The van der Waals surface area contributed by atoms with E-state index in [4.69, 9.17) is 4.74 Å². The van der Waals surface area contributed by atoms with Gasteiger partial charge in [0.05, 0.1) is 22.9 Å². The third-order valence-corrected chi connectivity index (χ3v) is 6.46. The Bertz CT molecular complexity index is 1360. The molecule has 0 spiro atoms. The maximum absolute atomic E-state index is 15.5. The minimum Gasteiger partial charge on any atom is -0.487 e. The number of pyridine rings is 2. The minimum atomic E-state index is -1.39. The highest BCUT2D eigenvalue weighted by Gasteiger charge is 2.41. The molecule has 3 aromatic rings. The highest BCUT2D eigenvalue weighted by atomic mass is 19.1. The van der Waals surface area contributed by atoms with Crippen molar-refractivity contribution in [1.29, 1.82) is 0 Å². The van der Waals surface area contributed by atoms with E-state index in [2.05, 4.69) is 4.98 Å². The first-order valence-corrected chi connectivity index (χ1v) is 10.4. The van der Waals surface area contributed by atoms with Crippen LogP contribution in [0.5, 0.6) is 5.75 Å². The van der Waals surface area contributed by atoms with Gasteiger partial charge >= 0.3 is 11.9 Å². The number of benzene rings is 1. The summed E-state index contributed by atoms with van der Waals surface area (Å²) < 4.78 is 23.0. The minimum absolute atomic E-state index is 0.0497. The lowest BCUT2D eigenvalue weighted by Crippen LogP contribution is -2.29. The zero-order chi connectivity index (χ0) is 23.4. The van der Waals surface area contributed by atoms with Gasteiger partial charge in [0.15, 0.2) is 11.6 Å². The number of aliphatic carboxylic acids is 1. The summed E-state index contributed by atoms with van der Waals surface area (Å²) in [5, 5.41) is 19.2. The van der Waals surface area contributed by atoms with Gasteiger partial charge < -0.3 is 24.4 Å². The molecule has 2 aromatic heterocycles. The maximum atomic E-state index is 15.5. The Hall–Kier alpha value is -3.95. The highest BCUT2D eigenvalue weighted by molar-refractivity contribution is 5.97. The normalized spacial score (nSPS) is 21.8. The van der Waals surface area contributed by atoms with Crippen molar-refractivity contribution in [3.63, 3.8) is 0 Å². The third kappa shape index (κ3) is 3.21. The first kappa shape index (κ1) is 20.9. The van der Waals surface area contributed by atoms with Crippen molar-refractivity contribution in [3.8, 4) is 5.75 Å². The summed E-state index contributed by atoms with van der Waals surface area (Å²) in [6.45, 7) is 2.22. The molecule has 5 rings (SSSR count). The van der Waals surface area contributed by atoms with Gasteiger partial charge in [0.25, 0.3) is 0 Å². The van der Waals surface area contributed by atoms with Crippen LogP contribution in [0.1, 0.15) is 34.8 Å². The van der Waals surface area contributed by atoms with Crippen LogP contribution in [0.4, 0.5) is 10.1 Å². The van der Waals surface area contributed by atoms with Gasteiger partial charge in [0, 0.05) is 37.6 Å². The fourth-order valence-electron chi connectivity index (χ4n) is 4.84. The molecular weight excluding hydrogens is 433 g/mol. The number of rotatable bonds is 4. The number of ether oxygens (including phenoxy) is 1. The lowest BCUT2D eigenvalue weighted by molar-refractivity contribution is -0.141. The molecule has 2 aliphatic heterocycles. The molecular formula is C23H20FN3O6. The number of aromatic carboxylic acids is 1. The van der Waals surface area contributed by atoms with Gasteiger partial charge in [-0.3, -0.25) is 14.6 Å². The maximum Gasteiger partial charge on any atom is 0.341 e. The molecule has 0 unspecified atom stereocenters. The third-order valence-electron chi connectivity index (χ3n) is 6.46. The van der Waals surface area contributed by atoms with Crippen molar-refractivity contribution in [2.24, 2.45) is 5.92 Å². The molecule has 10 heteroatoms. The fraction of sp³-hybridized carbons (Fsp3) is 0.304. The van der Waals surface area contributed by atoms with Crippen molar-refractivity contribution in [1.82, 2.24) is 9.55 Å². The number of halogens is 1. The highest BCUT2D eigenvalue weighted by Crippen LogP contribution is 2.45. The molecule has 2 N–H and O–H groups in total. The summed E-state index contributed by atoms with van der Waals surface area (Å²) in [5.74, 6) is -4.21. The van der Waals surface area contributed by atoms with Crippen molar-refractivity contribution in [2.45, 2.75) is 18.9 Å². The fourth-order valence-corrected chi connectivity index (χ4v) is 4.84. The van der Waals surface area contributed by atoms with E-state index in [9.17, 15) is 24.6 Å². The molecule has 0 bridgehead atoms. The van der Waals surface area contributed by atoms with Crippen LogP contribution in [-0.2, 0) is 4.79 Å². The van der Waals surface area contributed by atoms with Crippen LogP contribution in [0.25, 0.3) is 10.9 Å². The zero-order valence-corrected chi connectivity index (χ0v) is 17.6. The Balaban J connectivity index is 1.69. The first-order valence-electron chi connectivity index (χ1n) is 10.4. The molecule has 0 radical (unpaired) electrons. The molecule has 0 saturated carbocycles. The Morgan fingerprint density at radius 2 is 1.94 bits per heavy atom. The molecule has 0 aliphatic carbocycles. The second-order valence-electron chi connectivity index (χ2n) is 8.41. The Morgan fingerprint density at radius 1 is 1.21 bits per heavy atom. The second-order valence-corrected chi connectivity index (χ2v) is 8.41. The van der Waals surface area contributed by atoms with Gasteiger partial charge in [-0.1, -0.05) is 0 Å². The van der Waals surface area contributed by atoms with Crippen LogP contribution < -0.4 is 15.1 Å². The number of anilines is 1. The van der Waals surface area contributed by atoms with Gasteiger partial charge in [-0.15, -0.1) is 0 Å². The summed E-state index contributed by atoms with van der Waals surface area (Å²) in [6.07, 6.45) is 4.43. The van der Waals surface area contributed by atoms with Crippen molar-refractivity contribution in [3.05, 3.63) is 64.0 Å². The number of carboxylic acids is 2. The average Bonchev–Trinajstić information content (AvgIpc) is 3.23. The molecule has 1 fully saturated rings. The van der Waals surface area contributed by atoms with Crippen LogP contribution in [0, 0.1) is 11.7 Å². The van der Waals surface area contributed by atoms with Crippen molar-refractivity contribution in [2.75, 3.05) is 24.6 Å². The largest absolute Gasteiger partial charge is 0.487 e. The molecule has 3 atom stereocenters. The van der Waals surface area contributed by atoms with Gasteiger partial charge in [-0.2, -0.15) is 0 Å². The number of carboxylic acid groups (broad SMARTS) is 2. The lowest BCUT2D eigenvalue weighted by atomic mass is 9.90.